The summed E-state index contributed by atoms with van der Waals surface area (Å²) in [5.74, 6) is 5.81. The molecule has 0 saturated heterocycles. The van der Waals surface area contributed by atoms with Gasteiger partial charge in [0, 0.05) is 12.0 Å². The second-order valence-corrected chi connectivity index (χ2v) is 3.83. The molecule has 0 unspecified atom stereocenters. The van der Waals surface area contributed by atoms with Crippen molar-refractivity contribution in [3.8, 4) is 11.8 Å². The average Bonchev–Trinajstić information content (AvgIpc) is 2.99. The number of carbonyl (C=O) groups excluding carboxylic acids is 1. The Hall–Kier alpha value is -2.72. The van der Waals surface area contributed by atoms with E-state index in [9.17, 15) is 4.79 Å². The number of aliphatic hydroxyl groups excluding tert-OH is 1. The van der Waals surface area contributed by atoms with Crippen LogP contribution in [0.3, 0.4) is 0 Å². The van der Waals surface area contributed by atoms with E-state index in [1.54, 1.807) is 24.3 Å². The lowest BCUT2D eigenvalue weighted by molar-refractivity contribution is 0.0949. The van der Waals surface area contributed by atoms with Gasteiger partial charge < -0.3 is 10.4 Å². The van der Waals surface area contributed by atoms with Crippen LogP contribution in [-0.2, 0) is 6.54 Å². The molecule has 0 aliphatic rings. The molecule has 1 amide bonds. The Kier molecular flexibility index (Phi) is 4.81. The van der Waals surface area contributed by atoms with Crippen LogP contribution in [0.2, 0.25) is 0 Å². The van der Waals surface area contributed by atoms with E-state index in [0.29, 0.717) is 23.4 Å². The fourth-order valence-electron chi connectivity index (χ4n) is 1.52. The standard InChI is InChI=1S/C13H13N5O2/c19-8-4-3-6-10-5-1-2-7-11(10)13(20)14-9-12-15-17-18-16-12/h1-2,5,7,19H,4,8-9H2,(H,14,20)(H,15,16,17,18). The van der Waals surface area contributed by atoms with Crippen molar-refractivity contribution in [1.82, 2.24) is 25.9 Å². The van der Waals surface area contributed by atoms with Crippen LogP contribution in [0.5, 0.6) is 0 Å². The molecule has 0 spiro atoms. The number of aromatic nitrogens is 4. The largest absolute Gasteiger partial charge is 0.395 e. The van der Waals surface area contributed by atoms with Gasteiger partial charge in [0.25, 0.3) is 5.91 Å². The Bertz CT molecular complexity index is 628. The minimum atomic E-state index is -0.260. The van der Waals surface area contributed by atoms with Gasteiger partial charge in [-0.25, -0.2) is 0 Å². The van der Waals surface area contributed by atoms with Crippen LogP contribution in [0.15, 0.2) is 24.3 Å². The zero-order valence-corrected chi connectivity index (χ0v) is 10.6. The number of nitrogens with one attached hydrogen (secondary N) is 2. The number of aromatic amines is 1. The van der Waals surface area contributed by atoms with E-state index in [0.717, 1.165) is 0 Å². The molecule has 0 aliphatic carbocycles. The van der Waals surface area contributed by atoms with Gasteiger partial charge in [0.05, 0.1) is 18.7 Å². The molecule has 20 heavy (non-hydrogen) atoms. The molecule has 7 heteroatoms. The van der Waals surface area contributed by atoms with Gasteiger partial charge in [-0.05, 0) is 12.1 Å². The molecule has 3 N–H and O–H groups in total. The second-order valence-electron chi connectivity index (χ2n) is 3.83. The summed E-state index contributed by atoms with van der Waals surface area (Å²) in [6, 6.07) is 7.02. The summed E-state index contributed by atoms with van der Waals surface area (Å²) in [5.41, 5.74) is 1.09. The first-order chi connectivity index (χ1) is 9.81. The van der Waals surface area contributed by atoms with Gasteiger partial charge in [0.2, 0.25) is 0 Å². The van der Waals surface area contributed by atoms with Gasteiger partial charge in [-0.1, -0.05) is 29.2 Å². The third kappa shape index (κ3) is 3.63. The summed E-state index contributed by atoms with van der Waals surface area (Å²) in [6.07, 6.45) is 0.374. The molecule has 0 fully saturated rings. The molecule has 1 aromatic carbocycles. The van der Waals surface area contributed by atoms with Crippen LogP contribution < -0.4 is 5.32 Å². The summed E-state index contributed by atoms with van der Waals surface area (Å²) in [7, 11) is 0. The van der Waals surface area contributed by atoms with Gasteiger partial charge >= 0.3 is 0 Å². The monoisotopic (exact) mass is 271 g/mol. The maximum Gasteiger partial charge on any atom is 0.252 e. The van der Waals surface area contributed by atoms with Crippen LogP contribution >= 0.6 is 0 Å². The van der Waals surface area contributed by atoms with Gasteiger partial charge in [-0.3, -0.25) is 4.79 Å². The number of amides is 1. The molecular formula is C13H13N5O2. The number of H-pyrrole nitrogens is 1. The molecule has 7 nitrogen and oxygen atoms in total. The first-order valence-electron chi connectivity index (χ1n) is 6.00. The number of aliphatic hydroxyl groups is 1. The lowest BCUT2D eigenvalue weighted by Crippen LogP contribution is -2.24. The first-order valence-corrected chi connectivity index (χ1v) is 6.00. The van der Waals surface area contributed by atoms with Crippen LogP contribution in [0.1, 0.15) is 28.2 Å². The molecule has 0 saturated carbocycles. The molecule has 102 valence electrons. The number of tetrazole rings is 1. The minimum absolute atomic E-state index is 0.000802. The number of nitrogens with zero attached hydrogens (tertiary/aromatic N) is 3. The van der Waals surface area contributed by atoms with Crippen molar-refractivity contribution in [1.29, 1.82) is 0 Å². The van der Waals surface area contributed by atoms with Gasteiger partial charge in [0.15, 0.2) is 5.82 Å². The zero-order chi connectivity index (χ0) is 14.2. The number of hydrogen-bond acceptors (Lipinski definition) is 5. The van der Waals surface area contributed by atoms with Crippen molar-refractivity contribution in [3.63, 3.8) is 0 Å². The summed E-state index contributed by atoms with van der Waals surface area (Å²) >= 11 is 0. The Morgan fingerprint density at radius 2 is 2.25 bits per heavy atom. The van der Waals surface area contributed by atoms with E-state index in [1.165, 1.54) is 0 Å². The predicted molar refractivity (Wildman–Crippen MR) is 70.4 cm³/mol. The van der Waals surface area contributed by atoms with Gasteiger partial charge in [-0.2, -0.15) is 5.21 Å². The third-order valence-electron chi connectivity index (χ3n) is 2.43. The van der Waals surface area contributed by atoms with E-state index in [4.69, 9.17) is 5.11 Å². The maximum atomic E-state index is 12.1. The Labute approximate surface area is 115 Å². The molecule has 0 radical (unpaired) electrons. The summed E-state index contributed by atoms with van der Waals surface area (Å²) in [6.45, 7) is 0.187. The van der Waals surface area contributed by atoms with Crippen molar-refractivity contribution < 1.29 is 9.90 Å². The molecule has 1 heterocycles. The Morgan fingerprint density at radius 1 is 1.40 bits per heavy atom. The van der Waals surface area contributed by atoms with Crippen LogP contribution in [0.4, 0.5) is 0 Å². The van der Waals surface area contributed by atoms with Crippen molar-refractivity contribution in [2.45, 2.75) is 13.0 Å². The molecule has 0 bridgehead atoms. The highest BCUT2D eigenvalue weighted by atomic mass is 16.2. The molecule has 2 aromatic rings. The number of carbonyl (C=O) groups is 1. The summed E-state index contributed by atoms with van der Waals surface area (Å²) in [4.78, 5) is 12.1. The SMILES string of the molecule is O=C(NCc1nn[nH]n1)c1ccccc1C#CCCO. The maximum absolute atomic E-state index is 12.1. The van der Waals surface area contributed by atoms with Gasteiger partial charge in [-0.15, -0.1) is 10.2 Å². The summed E-state index contributed by atoms with van der Waals surface area (Å²) < 4.78 is 0. The molecule has 0 atom stereocenters. The lowest BCUT2D eigenvalue weighted by atomic mass is 10.1. The van der Waals surface area contributed by atoms with Crippen LogP contribution in [0.25, 0.3) is 0 Å². The highest BCUT2D eigenvalue weighted by molar-refractivity contribution is 5.96. The zero-order valence-electron chi connectivity index (χ0n) is 10.6. The van der Waals surface area contributed by atoms with Crippen LogP contribution in [0, 0.1) is 11.8 Å². The van der Waals surface area contributed by atoms with E-state index in [2.05, 4.69) is 37.8 Å². The topological polar surface area (TPSA) is 104 Å². The highest BCUT2D eigenvalue weighted by Crippen LogP contribution is 2.07. The smallest absolute Gasteiger partial charge is 0.252 e. The van der Waals surface area contributed by atoms with E-state index < -0.39 is 0 Å². The highest BCUT2D eigenvalue weighted by Gasteiger charge is 2.10. The quantitative estimate of drug-likeness (QED) is 0.672. The minimum Gasteiger partial charge on any atom is -0.395 e. The number of hydrogen-bond donors (Lipinski definition) is 3. The average molecular weight is 271 g/mol. The molecule has 1 aromatic heterocycles. The molecule has 2 rings (SSSR count). The van der Waals surface area contributed by atoms with Gasteiger partial charge in [0.1, 0.15) is 0 Å². The molecule has 0 aliphatic heterocycles. The number of rotatable bonds is 4. The fraction of sp³-hybridized carbons (Fsp3) is 0.231. The fourth-order valence-corrected chi connectivity index (χ4v) is 1.52. The third-order valence-corrected chi connectivity index (χ3v) is 2.43. The Morgan fingerprint density at radius 3 is 3.00 bits per heavy atom. The Balaban J connectivity index is 2.07. The van der Waals surface area contributed by atoms with Crippen molar-refractivity contribution in [2.24, 2.45) is 0 Å². The van der Waals surface area contributed by atoms with Crippen LogP contribution in [-0.4, -0.2) is 38.2 Å². The van der Waals surface area contributed by atoms with Crippen molar-refractivity contribution in [3.05, 3.63) is 41.2 Å². The first kappa shape index (κ1) is 13.7. The normalized spacial score (nSPS) is 9.65. The molecular weight excluding hydrogens is 258 g/mol. The van der Waals surface area contributed by atoms with E-state index >= 15 is 0 Å². The predicted octanol–water partition coefficient (Wildman–Crippen LogP) is -0.136. The van der Waals surface area contributed by atoms with Crippen molar-refractivity contribution in [2.75, 3.05) is 6.61 Å². The number of benzene rings is 1. The second kappa shape index (κ2) is 7.01. The lowest BCUT2D eigenvalue weighted by Gasteiger charge is -2.04. The van der Waals surface area contributed by atoms with Crippen molar-refractivity contribution >= 4 is 5.91 Å². The summed E-state index contributed by atoms with van der Waals surface area (Å²) in [5, 5.41) is 24.6. The van der Waals surface area contributed by atoms with E-state index in [1.807, 2.05) is 0 Å². The van der Waals surface area contributed by atoms with E-state index in [-0.39, 0.29) is 19.1 Å².